The lowest BCUT2D eigenvalue weighted by atomic mass is 9.81. The fraction of sp³-hybridized carbons (Fsp3) is 0.650. The van der Waals surface area contributed by atoms with Crippen molar-refractivity contribution in [3.05, 3.63) is 35.9 Å². The second-order valence-corrected chi connectivity index (χ2v) is 7.40. The monoisotopic (exact) mass is 331 g/mol. The highest BCUT2D eigenvalue weighted by Gasteiger charge is 2.48. The van der Waals surface area contributed by atoms with Gasteiger partial charge in [-0.25, -0.2) is 9.90 Å². The van der Waals surface area contributed by atoms with E-state index in [9.17, 15) is 4.79 Å². The molecule has 2 saturated heterocycles. The van der Waals surface area contributed by atoms with Gasteiger partial charge in [0, 0.05) is 13.0 Å². The molecule has 0 N–H and O–H groups in total. The van der Waals surface area contributed by atoms with E-state index in [4.69, 9.17) is 9.57 Å². The van der Waals surface area contributed by atoms with Crippen LogP contribution in [0.25, 0.3) is 0 Å². The van der Waals surface area contributed by atoms with Crippen molar-refractivity contribution >= 4 is 5.91 Å². The standard InChI is InChI=1S/C20H29NO3/c1-15(2)11-12-17-18(14-16-8-4-3-5-9-16)21(20(17)22)24-19-10-6-7-13-23-19/h3-5,8-9,15,17-19H,6-7,10-14H2,1-2H3/t17-,18+,19?/m1/s1. The highest BCUT2D eigenvalue weighted by atomic mass is 16.8. The summed E-state index contributed by atoms with van der Waals surface area (Å²) in [4.78, 5) is 18.5. The van der Waals surface area contributed by atoms with Crippen LogP contribution in [-0.2, 0) is 20.8 Å². The van der Waals surface area contributed by atoms with Gasteiger partial charge in [0.2, 0.25) is 0 Å². The lowest BCUT2D eigenvalue weighted by Gasteiger charge is -2.47. The van der Waals surface area contributed by atoms with Crippen molar-refractivity contribution in [2.75, 3.05) is 6.61 Å². The van der Waals surface area contributed by atoms with Crippen LogP contribution in [0.2, 0.25) is 0 Å². The van der Waals surface area contributed by atoms with E-state index in [0.29, 0.717) is 5.92 Å². The van der Waals surface area contributed by atoms with Gasteiger partial charge in [0.15, 0.2) is 6.29 Å². The summed E-state index contributed by atoms with van der Waals surface area (Å²) in [7, 11) is 0. The Balaban J connectivity index is 1.65. The van der Waals surface area contributed by atoms with Crippen molar-refractivity contribution in [3.63, 3.8) is 0 Å². The molecule has 4 nitrogen and oxygen atoms in total. The second kappa shape index (κ2) is 8.13. The Kier molecular flexibility index (Phi) is 5.90. The summed E-state index contributed by atoms with van der Waals surface area (Å²) in [5.41, 5.74) is 1.25. The minimum Gasteiger partial charge on any atom is -0.350 e. The largest absolute Gasteiger partial charge is 0.350 e. The topological polar surface area (TPSA) is 38.8 Å². The molecular formula is C20H29NO3. The molecule has 3 rings (SSSR count). The minimum absolute atomic E-state index is 0.0798. The molecule has 2 heterocycles. The molecule has 1 aromatic carbocycles. The van der Waals surface area contributed by atoms with Gasteiger partial charge in [0.25, 0.3) is 5.91 Å². The minimum atomic E-state index is -0.257. The molecule has 2 aliphatic heterocycles. The van der Waals surface area contributed by atoms with Gasteiger partial charge in [-0.1, -0.05) is 50.6 Å². The summed E-state index contributed by atoms with van der Waals surface area (Å²) < 4.78 is 5.65. The normalized spacial score (nSPS) is 27.4. The molecule has 0 radical (unpaired) electrons. The number of amides is 1. The molecular weight excluding hydrogens is 302 g/mol. The fourth-order valence-electron chi connectivity index (χ4n) is 3.53. The predicted molar refractivity (Wildman–Crippen MR) is 93.0 cm³/mol. The number of hydrogen-bond donors (Lipinski definition) is 0. The fourth-order valence-corrected chi connectivity index (χ4v) is 3.53. The van der Waals surface area contributed by atoms with Crippen LogP contribution in [0.1, 0.15) is 51.5 Å². The number of β-lactam (4-membered cyclic amide) rings is 1. The number of carbonyl (C=O) groups excluding carboxylic acids is 1. The van der Waals surface area contributed by atoms with Gasteiger partial charge in [-0.15, -0.1) is 0 Å². The number of benzene rings is 1. The third kappa shape index (κ3) is 4.17. The average Bonchev–Trinajstić information content (AvgIpc) is 2.60. The van der Waals surface area contributed by atoms with Crippen LogP contribution in [0.3, 0.4) is 0 Å². The SMILES string of the molecule is CC(C)CC[C@H]1C(=O)N(OC2CCCCO2)[C@H]1Cc1ccccc1. The van der Waals surface area contributed by atoms with Crippen LogP contribution in [-0.4, -0.2) is 29.9 Å². The summed E-state index contributed by atoms with van der Waals surface area (Å²) in [5.74, 6) is 0.828. The zero-order valence-electron chi connectivity index (χ0n) is 14.8. The maximum Gasteiger partial charge on any atom is 0.251 e. The Bertz CT molecular complexity index is 525. The molecule has 0 aliphatic carbocycles. The smallest absolute Gasteiger partial charge is 0.251 e. The molecule has 1 unspecified atom stereocenters. The molecule has 1 amide bonds. The molecule has 0 bridgehead atoms. The molecule has 0 spiro atoms. The first-order valence-electron chi connectivity index (χ1n) is 9.30. The molecule has 24 heavy (non-hydrogen) atoms. The summed E-state index contributed by atoms with van der Waals surface area (Å²) in [5, 5.41) is 1.61. The number of hydrogen-bond acceptors (Lipinski definition) is 3. The van der Waals surface area contributed by atoms with Gasteiger partial charge in [0.1, 0.15) is 0 Å². The lowest BCUT2D eigenvalue weighted by Crippen LogP contribution is -2.62. The van der Waals surface area contributed by atoms with Crippen molar-refractivity contribution in [1.29, 1.82) is 0 Å². The Hall–Kier alpha value is -1.39. The third-order valence-electron chi connectivity index (χ3n) is 5.01. The third-order valence-corrected chi connectivity index (χ3v) is 5.01. The van der Waals surface area contributed by atoms with Crippen LogP contribution in [0.4, 0.5) is 0 Å². The van der Waals surface area contributed by atoms with Crippen molar-refractivity contribution in [2.45, 2.75) is 64.7 Å². The lowest BCUT2D eigenvalue weighted by molar-refractivity contribution is -0.318. The van der Waals surface area contributed by atoms with Crippen LogP contribution in [0, 0.1) is 11.8 Å². The first-order valence-corrected chi connectivity index (χ1v) is 9.30. The van der Waals surface area contributed by atoms with Crippen molar-refractivity contribution in [3.8, 4) is 0 Å². The van der Waals surface area contributed by atoms with E-state index >= 15 is 0 Å². The summed E-state index contributed by atoms with van der Waals surface area (Å²) in [6, 6.07) is 10.5. The summed E-state index contributed by atoms with van der Waals surface area (Å²) >= 11 is 0. The van der Waals surface area contributed by atoms with Gasteiger partial charge in [-0.05, 0) is 37.2 Å². The molecule has 2 fully saturated rings. The Morgan fingerprint density at radius 1 is 1.25 bits per heavy atom. The summed E-state index contributed by atoms with van der Waals surface area (Å²) in [6.45, 7) is 5.14. The Labute approximate surface area is 145 Å². The van der Waals surface area contributed by atoms with Crippen molar-refractivity contribution < 1.29 is 14.4 Å². The van der Waals surface area contributed by atoms with E-state index < -0.39 is 0 Å². The highest BCUT2D eigenvalue weighted by Crippen LogP contribution is 2.35. The van der Waals surface area contributed by atoms with Gasteiger partial charge in [0.05, 0.1) is 12.0 Å². The van der Waals surface area contributed by atoms with E-state index in [1.165, 1.54) is 5.56 Å². The zero-order chi connectivity index (χ0) is 16.9. The van der Waals surface area contributed by atoms with E-state index in [1.807, 2.05) is 18.2 Å². The van der Waals surface area contributed by atoms with Crippen LogP contribution in [0.15, 0.2) is 30.3 Å². The van der Waals surface area contributed by atoms with E-state index in [0.717, 1.165) is 45.1 Å². The maximum atomic E-state index is 12.6. The van der Waals surface area contributed by atoms with Crippen LogP contribution in [0.5, 0.6) is 0 Å². The molecule has 1 aromatic rings. The zero-order valence-corrected chi connectivity index (χ0v) is 14.8. The van der Waals surface area contributed by atoms with Gasteiger partial charge in [-0.3, -0.25) is 4.79 Å². The number of ether oxygens (including phenoxy) is 1. The van der Waals surface area contributed by atoms with Gasteiger partial charge in [-0.2, -0.15) is 0 Å². The number of rotatable bonds is 7. The number of carbonyl (C=O) groups is 1. The molecule has 3 atom stereocenters. The first kappa shape index (κ1) is 17.4. The van der Waals surface area contributed by atoms with Crippen molar-refractivity contribution in [2.24, 2.45) is 11.8 Å². The molecule has 132 valence electrons. The van der Waals surface area contributed by atoms with Crippen molar-refractivity contribution in [1.82, 2.24) is 5.06 Å². The maximum absolute atomic E-state index is 12.6. The van der Waals surface area contributed by atoms with Gasteiger partial charge >= 0.3 is 0 Å². The Morgan fingerprint density at radius 2 is 2.04 bits per heavy atom. The van der Waals surface area contributed by atoms with Crippen LogP contribution < -0.4 is 0 Å². The summed E-state index contributed by atoms with van der Waals surface area (Å²) in [6.07, 6.45) is 5.67. The van der Waals surface area contributed by atoms with Gasteiger partial charge < -0.3 is 4.74 Å². The highest BCUT2D eigenvalue weighted by molar-refractivity contribution is 5.85. The molecule has 2 aliphatic rings. The first-order chi connectivity index (χ1) is 11.6. The quantitative estimate of drug-likeness (QED) is 0.710. The molecule has 4 heteroatoms. The average molecular weight is 331 g/mol. The predicted octanol–water partition coefficient (Wildman–Crippen LogP) is 3.95. The number of hydroxylamine groups is 2. The molecule has 0 saturated carbocycles. The number of nitrogens with zero attached hydrogens (tertiary/aromatic N) is 1. The van der Waals surface area contributed by atoms with E-state index in [-0.39, 0.29) is 24.2 Å². The molecule has 0 aromatic heterocycles. The second-order valence-electron chi connectivity index (χ2n) is 7.40. The van der Waals surface area contributed by atoms with E-state index in [1.54, 1.807) is 5.06 Å². The van der Waals surface area contributed by atoms with E-state index in [2.05, 4.69) is 26.0 Å². The van der Waals surface area contributed by atoms with Crippen LogP contribution >= 0.6 is 0 Å². The Morgan fingerprint density at radius 3 is 2.71 bits per heavy atom.